The van der Waals surface area contributed by atoms with Gasteiger partial charge in [-0.25, -0.2) is 0 Å². The summed E-state index contributed by atoms with van der Waals surface area (Å²) >= 11 is 5.55. The molecule has 0 spiro atoms. The van der Waals surface area contributed by atoms with E-state index in [9.17, 15) is 0 Å². The van der Waals surface area contributed by atoms with Crippen molar-refractivity contribution in [1.29, 1.82) is 5.26 Å². The lowest BCUT2D eigenvalue weighted by molar-refractivity contribution is 1.48. The number of halogens is 1. The highest BCUT2D eigenvalue weighted by molar-refractivity contribution is 6.31. The maximum atomic E-state index is 8.36. The summed E-state index contributed by atoms with van der Waals surface area (Å²) in [6.45, 7) is 0. The third-order valence-electron chi connectivity index (χ3n) is 0.926. The zero-order valence-electron chi connectivity index (χ0n) is 4.56. The topological polar surface area (TPSA) is 23.8 Å². The lowest BCUT2D eigenvalue weighted by Crippen LogP contribution is -1.72. The molecule has 0 saturated heterocycles. The molecule has 0 unspecified atom stereocenters. The van der Waals surface area contributed by atoms with Gasteiger partial charge in [-0.3, -0.25) is 0 Å². The molecule has 0 fully saturated rings. The van der Waals surface area contributed by atoms with Crippen molar-refractivity contribution in [1.82, 2.24) is 0 Å². The Morgan fingerprint density at radius 3 is 2.89 bits per heavy atom. The SMILES string of the molecule is N#Cc1ccc[c]c1Cl. The summed E-state index contributed by atoms with van der Waals surface area (Å²) in [6.07, 6.45) is 0. The fraction of sp³-hybridized carbons (Fsp3) is 0. The highest BCUT2D eigenvalue weighted by atomic mass is 35.5. The summed E-state index contributed by atoms with van der Waals surface area (Å²) in [5.41, 5.74) is 0.471. The lowest BCUT2D eigenvalue weighted by Gasteiger charge is -1.87. The number of hydrogen-bond donors (Lipinski definition) is 0. The van der Waals surface area contributed by atoms with Crippen molar-refractivity contribution in [3.05, 3.63) is 34.9 Å². The van der Waals surface area contributed by atoms with Crippen LogP contribution in [-0.2, 0) is 0 Å². The number of rotatable bonds is 0. The molecule has 0 aromatic heterocycles. The molecule has 0 N–H and O–H groups in total. The lowest BCUT2D eigenvalue weighted by atomic mass is 10.2. The molecule has 9 heavy (non-hydrogen) atoms. The van der Waals surface area contributed by atoms with E-state index >= 15 is 0 Å². The number of nitriles is 1. The van der Waals surface area contributed by atoms with E-state index in [1.54, 1.807) is 18.2 Å². The van der Waals surface area contributed by atoms with Crippen LogP contribution in [0.5, 0.6) is 0 Å². The normalized spacial score (nSPS) is 8.44. The maximum Gasteiger partial charge on any atom is 0.101 e. The third-order valence-corrected chi connectivity index (χ3v) is 1.24. The molecule has 1 rings (SSSR count). The molecule has 43 valence electrons. The second kappa shape index (κ2) is 2.52. The zero-order chi connectivity index (χ0) is 6.69. The second-order valence-electron chi connectivity index (χ2n) is 1.51. The summed E-state index contributed by atoms with van der Waals surface area (Å²) in [7, 11) is 0. The predicted octanol–water partition coefficient (Wildman–Crippen LogP) is 2.01. The van der Waals surface area contributed by atoms with Crippen LogP contribution in [0.15, 0.2) is 18.2 Å². The summed E-state index contributed by atoms with van der Waals surface area (Å²) in [5, 5.41) is 8.75. The van der Waals surface area contributed by atoms with Gasteiger partial charge in [0.05, 0.1) is 10.6 Å². The van der Waals surface area contributed by atoms with Crippen LogP contribution in [0.25, 0.3) is 0 Å². The van der Waals surface area contributed by atoms with E-state index in [2.05, 4.69) is 6.07 Å². The molecule has 0 bridgehead atoms. The molecule has 0 aliphatic rings. The Bertz CT molecular complexity index is 249. The Labute approximate surface area is 58.5 Å². The van der Waals surface area contributed by atoms with Crippen molar-refractivity contribution >= 4 is 11.6 Å². The van der Waals surface area contributed by atoms with Gasteiger partial charge < -0.3 is 0 Å². The molecule has 0 heterocycles. The van der Waals surface area contributed by atoms with Crippen LogP contribution >= 0.6 is 11.6 Å². The molecule has 2 heteroatoms. The maximum absolute atomic E-state index is 8.36. The molecule has 1 aromatic carbocycles. The number of benzene rings is 1. The number of hydrogen-bond acceptors (Lipinski definition) is 1. The van der Waals surface area contributed by atoms with Crippen molar-refractivity contribution in [3.8, 4) is 6.07 Å². The van der Waals surface area contributed by atoms with E-state index in [1.807, 2.05) is 6.07 Å². The molecule has 1 nitrogen and oxygen atoms in total. The van der Waals surface area contributed by atoms with Crippen molar-refractivity contribution in [3.63, 3.8) is 0 Å². The van der Waals surface area contributed by atoms with Crippen molar-refractivity contribution in [2.45, 2.75) is 0 Å². The molecular formula is C7H3ClN. The Kier molecular flexibility index (Phi) is 1.72. The van der Waals surface area contributed by atoms with Crippen molar-refractivity contribution in [2.24, 2.45) is 0 Å². The van der Waals surface area contributed by atoms with Crippen LogP contribution in [0.4, 0.5) is 0 Å². The quantitative estimate of drug-likeness (QED) is 0.535. The first-order chi connectivity index (χ1) is 4.34. The van der Waals surface area contributed by atoms with E-state index in [-0.39, 0.29) is 0 Å². The third kappa shape index (κ3) is 1.22. The van der Waals surface area contributed by atoms with E-state index in [4.69, 9.17) is 16.9 Å². The van der Waals surface area contributed by atoms with Crippen molar-refractivity contribution < 1.29 is 0 Å². The predicted molar refractivity (Wildman–Crippen MR) is 35.0 cm³/mol. The van der Waals surface area contributed by atoms with E-state index in [0.29, 0.717) is 10.6 Å². The first kappa shape index (κ1) is 6.12. The molecule has 0 saturated carbocycles. The minimum absolute atomic E-state index is 0.389. The van der Waals surface area contributed by atoms with E-state index < -0.39 is 0 Å². The fourth-order valence-electron chi connectivity index (χ4n) is 0.503. The van der Waals surface area contributed by atoms with Crippen LogP contribution in [0, 0.1) is 17.4 Å². The Morgan fingerprint density at radius 1 is 1.67 bits per heavy atom. The highest BCUT2D eigenvalue weighted by Crippen LogP contribution is 2.11. The second-order valence-corrected chi connectivity index (χ2v) is 1.89. The number of nitrogens with zero attached hydrogens (tertiary/aromatic N) is 1. The van der Waals surface area contributed by atoms with Crippen LogP contribution in [0.2, 0.25) is 5.02 Å². The highest BCUT2D eigenvalue weighted by Gasteiger charge is 1.93. The van der Waals surface area contributed by atoms with Crippen molar-refractivity contribution in [2.75, 3.05) is 0 Å². The molecule has 0 amide bonds. The van der Waals surface area contributed by atoms with Gasteiger partial charge in [0.25, 0.3) is 0 Å². The Morgan fingerprint density at radius 2 is 2.44 bits per heavy atom. The first-order valence-corrected chi connectivity index (χ1v) is 2.78. The Balaban J connectivity index is 3.20. The molecule has 0 atom stereocenters. The monoisotopic (exact) mass is 136 g/mol. The first-order valence-electron chi connectivity index (χ1n) is 2.41. The zero-order valence-corrected chi connectivity index (χ0v) is 5.31. The summed E-state index contributed by atoms with van der Waals surface area (Å²) in [5.74, 6) is 0. The van der Waals surface area contributed by atoms with E-state index in [1.165, 1.54) is 0 Å². The largest absolute Gasteiger partial charge is 0.192 e. The smallest absolute Gasteiger partial charge is 0.101 e. The molecule has 1 aromatic rings. The Hall–Kier alpha value is -1.00. The van der Waals surface area contributed by atoms with Gasteiger partial charge in [0.15, 0.2) is 0 Å². The molecular weight excluding hydrogens is 134 g/mol. The molecule has 1 radical (unpaired) electrons. The van der Waals surface area contributed by atoms with Crippen LogP contribution in [0.1, 0.15) is 5.56 Å². The average Bonchev–Trinajstić information content (AvgIpc) is 1.89. The van der Waals surface area contributed by atoms with Gasteiger partial charge in [0.2, 0.25) is 0 Å². The molecule has 0 aliphatic carbocycles. The summed E-state index contributed by atoms with van der Waals surface area (Å²) < 4.78 is 0. The minimum atomic E-state index is 0.389. The van der Waals surface area contributed by atoms with Gasteiger partial charge in [0.1, 0.15) is 6.07 Å². The van der Waals surface area contributed by atoms with Gasteiger partial charge in [0, 0.05) is 6.07 Å². The van der Waals surface area contributed by atoms with Crippen LogP contribution < -0.4 is 0 Å². The summed E-state index contributed by atoms with van der Waals surface area (Å²) in [6, 6.07) is 9.67. The van der Waals surface area contributed by atoms with Crippen LogP contribution in [0.3, 0.4) is 0 Å². The average molecular weight is 137 g/mol. The van der Waals surface area contributed by atoms with Gasteiger partial charge in [-0.1, -0.05) is 23.7 Å². The van der Waals surface area contributed by atoms with Gasteiger partial charge in [-0.05, 0) is 6.07 Å². The van der Waals surface area contributed by atoms with Gasteiger partial charge in [-0.2, -0.15) is 5.26 Å². The van der Waals surface area contributed by atoms with E-state index in [0.717, 1.165) is 0 Å². The van der Waals surface area contributed by atoms with Gasteiger partial charge >= 0.3 is 0 Å². The van der Waals surface area contributed by atoms with Crippen LogP contribution in [-0.4, -0.2) is 0 Å². The molecule has 0 aliphatic heterocycles. The standard InChI is InChI=1S/C7H3ClN/c8-7-4-2-1-3-6(7)5-9/h1-3H. The summed E-state index contributed by atoms with van der Waals surface area (Å²) in [4.78, 5) is 0. The van der Waals surface area contributed by atoms with Gasteiger partial charge in [-0.15, -0.1) is 0 Å². The minimum Gasteiger partial charge on any atom is -0.192 e. The fourth-order valence-corrected chi connectivity index (χ4v) is 0.671.